The molecule has 1 aliphatic heterocycles. The molecule has 1 aliphatic rings. The second kappa shape index (κ2) is 3.38. The number of rotatable bonds is 0. The maximum Gasteiger partial charge on any atom is 0.261 e. The van der Waals surface area contributed by atoms with E-state index in [-0.39, 0.29) is 4.38 Å². The molecule has 0 saturated carbocycles. The number of primary sulfonamides is 1. The Hall–Kier alpha value is -0.850. The van der Waals surface area contributed by atoms with E-state index in [0.29, 0.717) is 6.54 Å². The number of nitrogens with two attached hydrogens (primary N) is 1. The van der Waals surface area contributed by atoms with E-state index in [1.807, 2.05) is 24.3 Å². The van der Waals surface area contributed by atoms with E-state index in [4.69, 9.17) is 5.14 Å². The van der Waals surface area contributed by atoms with E-state index in [1.54, 1.807) is 0 Å². The molecule has 0 bridgehead atoms. The van der Waals surface area contributed by atoms with Gasteiger partial charge in [0.15, 0.2) is 0 Å². The van der Waals surface area contributed by atoms with E-state index < -0.39 is 10.0 Å². The summed E-state index contributed by atoms with van der Waals surface area (Å²) in [6.45, 7) is 0.384. The van der Waals surface area contributed by atoms with Gasteiger partial charge in [-0.2, -0.15) is 0 Å². The molecule has 1 aromatic carbocycles. The number of sulfonamides is 1. The molecular formula is C8H8N2O2S2. The standard InChI is InChI=1S/C8H8N2O2S2/c9-14(11,12)8-10-5-6-3-1-2-4-7(6)13-8/h1-4H,5H2,(H2,9,11,12). The van der Waals surface area contributed by atoms with Crippen LogP contribution in [0.15, 0.2) is 34.2 Å². The minimum absolute atomic E-state index is 0.00352. The highest BCUT2D eigenvalue weighted by atomic mass is 32.3. The van der Waals surface area contributed by atoms with E-state index in [9.17, 15) is 8.42 Å². The normalized spacial score (nSPS) is 15.9. The maximum absolute atomic E-state index is 11.0. The maximum atomic E-state index is 11.0. The van der Waals surface area contributed by atoms with Gasteiger partial charge in [-0.15, -0.1) is 0 Å². The van der Waals surface area contributed by atoms with Gasteiger partial charge in [0.2, 0.25) is 4.38 Å². The van der Waals surface area contributed by atoms with Gasteiger partial charge in [-0.1, -0.05) is 30.0 Å². The third-order valence-corrected chi connectivity index (χ3v) is 4.28. The highest BCUT2D eigenvalue weighted by Crippen LogP contribution is 2.30. The number of thioether (sulfide) groups is 1. The lowest BCUT2D eigenvalue weighted by atomic mass is 10.2. The van der Waals surface area contributed by atoms with Crippen LogP contribution in [0.5, 0.6) is 0 Å². The Balaban J connectivity index is 2.39. The molecule has 0 aromatic heterocycles. The lowest BCUT2D eigenvalue weighted by Gasteiger charge is -2.13. The monoisotopic (exact) mass is 228 g/mol. The fourth-order valence-corrected chi connectivity index (χ4v) is 2.86. The summed E-state index contributed by atoms with van der Waals surface area (Å²) in [5.74, 6) is 0. The number of nitrogens with zero attached hydrogens (tertiary/aromatic N) is 1. The van der Waals surface area contributed by atoms with Crippen molar-refractivity contribution in [2.45, 2.75) is 11.4 Å². The molecule has 0 amide bonds. The van der Waals surface area contributed by atoms with Gasteiger partial charge in [0.25, 0.3) is 10.0 Å². The van der Waals surface area contributed by atoms with Crippen LogP contribution in [0.2, 0.25) is 0 Å². The molecule has 1 heterocycles. The quantitative estimate of drug-likeness (QED) is 0.718. The molecule has 0 atom stereocenters. The minimum atomic E-state index is -3.66. The lowest BCUT2D eigenvalue weighted by Crippen LogP contribution is -2.22. The van der Waals surface area contributed by atoms with Crippen molar-refractivity contribution in [2.75, 3.05) is 0 Å². The van der Waals surface area contributed by atoms with Gasteiger partial charge in [-0.05, 0) is 11.6 Å². The molecule has 4 nitrogen and oxygen atoms in total. The fourth-order valence-electron chi connectivity index (χ4n) is 1.16. The summed E-state index contributed by atoms with van der Waals surface area (Å²) >= 11 is 1.10. The average molecular weight is 228 g/mol. The van der Waals surface area contributed by atoms with Crippen LogP contribution in [0.4, 0.5) is 0 Å². The van der Waals surface area contributed by atoms with Gasteiger partial charge in [0, 0.05) is 4.90 Å². The third-order valence-electron chi connectivity index (χ3n) is 1.79. The Morgan fingerprint density at radius 1 is 1.36 bits per heavy atom. The van der Waals surface area contributed by atoms with Crippen LogP contribution in [0.1, 0.15) is 5.56 Å². The molecule has 0 fully saturated rings. The molecule has 1 aromatic rings. The number of fused-ring (bicyclic) bond motifs is 1. The van der Waals surface area contributed by atoms with Gasteiger partial charge in [-0.25, -0.2) is 13.6 Å². The number of hydrogen-bond acceptors (Lipinski definition) is 4. The van der Waals surface area contributed by atoms with Crippen molar-refractivity contribution in [3.63, 3.8) is 0 Å². The predicted octanol–water partition coefficient (Wildman–Crippen LogP) is 0.937. The topological polar surface area (TPSA) is 72.5 Å². The molecule has 0 unspecified atom stereocenters. The number of hydrogen-bond donors (Lipinski definition) is 1. The Labute approximate surface area is 86.3 Å². The molecule has 2 rings (SSSR count). The second-order valence-electron chi connectivity index (χ2n) is 2.84. The van der Waals surface area contributed by atoms with Gasteiger partial charge in [0.1, 0.15) is 0 Å². The lowest BCUT2D eigenvalue weighted by molar-refractivity contribution is 0.609. The van der Waals surface area contributed by atoms with Crippen molar-refractivity contribution in [1.82, 2.24) is 0 Å². The smallest absolute Gasteiger partial charge is 0.261 e. The summed E-state index contributed by atoms with van der Waals surface area (Å²) < 4.78 is 22.0. The molecule has 0 aliphatic carbocycles. The van der Waals surface area contributed by atoms with Gasteiger partial charge >= 0.3 is 0 Å². The van der Waals surface area contributed by atoms with Crippen molar-refractivity contribution in [3.05, 3.63) is 29.8 Å². The summed E-state index contributed by atoms with van der Waals surface area (Å²) in [7, 11) is -3.66. The molecule has 74 valence electrons. The first-order chi connectivity index (χ1) is 6.57. The third kappa shape index (κ3) is 1.82. The number of aliphatic imine (C=N–C) groups is 1. The minimum Gasteiger partial charge on any atom is -0.261 e. The predicted molar refractivity (Wildman–Crippen MR) is 56.5 cm³/mol. The summed E-state index contributed by atoms with van der Waals surface area (Å²) in [6, 6.07) is 7.54. The Morgan fingerprint density at radius 2 is 2.07 bits per heavy atom. The fraction of sp³-hybridized carbons (Fsp3) is 0.125. The van der Waals surface area contributed by atoms with Crippen molar-refractivity contribution in [2.24, 2.45) is 10.1 Å². The average Bonchev–Trinajstić information content (AvgIpc) is 2.16. The largest absolute Gasteiger partial charge is 0.261 e. The van der Waals surface area contributed by atoms with Gasteiger partial charge < -0.3 is 0 Å². The summed E-state index contributed by atoms with van der Waals surface area (Å²) in [4.78, 5) is 4.82. The van der Waals surface area contributed by atoms with E-state index in [2.05, 4.69) is 4.99 Å². The van der Waals surface area contributed by atoms with Crippen LogP contribution in [0.3, 0.4) is 0 Å². The molecule has 14 heavy (non-hydrogen) atoms. The summed E-state index contributed by atoms with van der Waals surface area (Å²) in [5.41, 5.74) is 1.03. The van der Waals surface area contributed by atoms with Crippen molar-refractivity contribution >= 4 is 26.2 Å². The molecule has 0 spiro atoms. The van der Waals surface area contributed by atoms with Crippen molar-refractivity contribution in [1.29, 1.82) is 0 Å². The van der Waals surface area contributed by atoms with Crippen LogP contribution in [-0.2, 0) is 16.6 Å². The van der Waals surface area contributed by atoms with Gasteiger partial charge in [-0.3, -0.25) is 4.99 Å². The van der Waals surface area contributed by atoms with Crippen LogP contribution in [-0.4, -0.2) is 12.8 Å². The Morgan fingerprint density at radius 3 is 2.79 bits per heavy atom. The molecule has 2 N–H and O–H groups in total. The summed E-state index contributed by atoms with van der Waals surface area (Å²) in [5, 5.41) is 4.99. The highest BCUT2D eigenvalue weighted by Gasteiger charge is 2.20. The molecular weight excluding hydrogens is 220 g/mol. The number of benzene rings is 1. The highest BCUT2D eigenvalue weighted by molar-refractivity contribution is 8.34. The SMILES string of the molecule is NS(=O)(=O)C1=NCc2ccccc2S1. The van der Waals surface area contributed by atoms with E-state index in [1.165, 1.54) is 0 Å². The van der Waals surface area contributed by atoms with E-state index in [0.717, 1.165) is 22.2 Å². The van der Waals surface area contributed by atoms with Crippen molar-refractivity contribution in [3.8, 4) is 0 Å². The van der Waals surface area contributed by atoms with Crippen LogP contribution < -0.4 is 5.14 Å². The van der Waals surface area contributed by atoms with Crippen LogP contribution >= 0.6 is 11.8 Å². The zero-order chi connectivity index (χ0) is 10.2. The van der Waals surface area contributed by atoms with Crippen molar-refractivity contribution < 1.29 is 8.42 Å². The molecule has 0 radical (unpaired) electrons. The molecule has 6 heteroatoms. The van der Waals surface area contributed by atoms with Gasteiger partial charge in [0.05, 0.1) is 6.54 Å². The van der Waals surface area contributed by atoms with Crippen LogP contribution in [0.25, 0.3) is 0 Å². The first-order valence-electron chi connectivity index (χ1n) is 3.90. The first kappa shape index (κ1) is 9.70. The Bertz CT molecular complexity index is 494. The summed E-state index contributed by atoms with van der Waals surface area (Å²) in [6.07, 6.45) is 0. The van der Waals surface area contributed by atoms with Crippen LogP contribution in [0, 0.1) is 0 Å². The van der Waals surface area contributed by atoms with E-state index >= 15 is 0 Å². The first-order valence-corrected chi connectivity index (χ1v) is 6.26. The zero-order valence-electron chi connectivity index (χ0n) is 7.17. The molecule has 0 saturated heterocycles. The zero-order valence-corrected chi connectivity index (χ0v) is 8.81. The second-order valence-corrected chi connectivity index (χ2v) is 5.60. The Kier molecular flexibility index (Phi) is 2.34.